The van der Waals surface area contributed by atoms with Gasteiger partial charge >= 0.3 is 5.97 Å². The summed E-state index contributed by atoms with van der Waals surface area (Å²) in [4.78, 5) is 17.6. The van der Waals surface area contributed by atoms with E-state index in [4.69, 9.17) is 14.7 Å². The summed E-state index contributed by atoms with van der Waals surface area (Å²) < 4.78 is 12.0. The quantitative estimate of drug-likeness (QED) is 0.404. The van der Waals surface area contributed by atoms with Crippen molar-refractivity contribution in [2.45, 2.75) is 50.7 Å². The number of carbonyl (C=O) groups excluding carboxylic acids is 1. The van der Waals surface area contributed by atoms with Crippen molar-refractivity contribution in [3.8, 4) is 0 Å². The molecule has 0 bridgehead atoms. The van der Waals surface area contributed by atoms with E-state index in [-0.39, 0.29) is 29.0 Å². The molecule has 2 saturated carbocycles. The van der Waals surface area contributed by atoms with Crippen molar-refractivity contribution in [3.63, 3.8) is 0 Å². The van der Waals surface area contributed by atoms with Gasteiger partial charge in [0, 0.05) is 56.5 Å². The number of carbonyl (C=O) groups is 1. The fraction of sp³-hybridized carbons (Fsp3) is 0.720. The summed E-state index contributed by atoms with van der Waals surface area (Å²) in [5.41, 5.74) is 1.70. The van der Waals surface area contributed by atoms with Gasteiger partial charge < -0.3 is 19.6 Å². The van der Waals surface area contributed by atoms with E-state index in [1.807, 2.05) is 12.1 Å². The van der Waals surface area contributed by atoms with E-state index >= 15 is 0 Å². The molecular formula is C25H35N3O5. The highest BCUT2D eigenvalue weighted by atomic mass is 16.8. The van der Waals surface area contributed by atoms with E-state index in [0.717, 1.165) is 57.9 Å². The number of fused-ring (bicyclic) bond motifs is 3. The van der Waals surface area contributed by atoms with Gasteiger partial charge in [-0.1, -0.05) is 6.92 Å². The van der Waals surface area contributed by atoms with Crippen LogP contribution in [0.2, 0.25) is 0 Å². The lowest BCUT2D eigenvalue weighted by Crippen LogP contribution is -2.99. The number of epoxide rings is 1. The molecule has 6 rings (SSSR count). The van der Waals surface area contributed by atoms with Crippen LogP contribution in [0, 0.1) is 28.4 Å². The van der Waals surface area contributed by atoms with Gasteiger partial charge in [-0.25, -0.2) is 5.21 Å². The van der Waals surface area contributed by atoms with E-state index in [2.05, 4.69) is 16.7 Å². The molecule has 5 aliphatic rings. The molecule has 1 aromatic carbocycles. The Hall–Kier alpha value is -1.71. The zero-order chi connectivity index (χ0) is 22.8. The summed E-state index contributed by atoms with van der Waals surface area (Å²) in [7, 11) is 0. The maximum absolute atomic E-state index is 12.9. The SMILES string of the molecule is CC12CCCC3(CO3)C1CC1C(C2)OC(=O)C1CN1CCN(c2ccc([NH+]([O-])O)cc2)CC1. The minimum atomic E-state index is -0.899. The van der Waals surface area contributed by atoms with E-state index < -0.39 is 5.23 Å². The molecule has 3 saturated heterocycles. The molecule has 0 radical (unpaired) electrons. The summed E-state index contributed by atoms with van der Waals surface area (Å²) in [6.45, 7) is 7.63. The lowest BCUT2D eigenvalue weighted by Gasteiger charge is -2.51. The van der Waals surface area contributed by atoms with Crippen LogP contribution in [0.5, 0.6) is 0 Å². The van der Waals surface area contributed by atoms with Crippen LogP contribution in [0.1, 0.15) is 39.0 Å². The molecule has 8 nitrogen and oxygen atoms in total. The molecule has 5 fully saturated rings. The second-order valence-electron chi connectivity index (χ2n) is 11.2. The second kappa shape index (κ2) is 7.92. The smallest absolute Gasteiger partial charge is 0.310 e. The zero-order valence-electron chi connectivity index (χ0n) is 19.4. The number of hydrogen-bond donors (Lipinski definition) is 2. The molecule has 1 aromatic rings. The highest BCUT2D eigenvalue weighted by molar-refractivity contribution is 5.75. The average Bonchev–Trinajstić information content (AvgIpc) is 3.51. The van der Waals surface area contributed by atoms with Crippen LogP contribution in [0.25, 0.3) is 0 Å². The second-order valence-corrected chi connectivity index (χ2v) is 11.2. The largest absolute Gasteiger partial charge is 0.595 e. The number of rotatable bonds is 4. The molecule has 3 aliphatic heterocycles. The first-order valence-corrected chi connectivity index (χ1v) is 12.5. The number of quaternary nitrogens is 1. The highest BCUT2D eigenvalue weighted by Crippen LogP contribution is 2.62. The molecule has 2 N–H and O–H groups in total. The lowest BCUT2D eigenvalue weighted by atomic mass is 9.53. The maximum atomic E-state index is 12.9. The summed E-state index contributed by atoms with van der Waals surface area (Å²) in [6.07, 6.45) is 5.77. The number of esters is 1. The minimum Gasteiger partial charge on any atom is -0.595 e. The lowest BCUT2D eigenvalue weighted by molar-refractivity contribution is -0.991. The van der Waals surface area contributed by atoms with Gasteiger partial charge in [0.2, 0.25) is 0 Å². The number of ether oxygens (including phenoxy) is 2. The van der Waals surface area contributed by atoms with E-state index in [0.29, 0.717) is 17.5 Å². The first-order valence-electron chi connectivity index (χ1n) is 12.5. The van der Waals surface area contributed by atoms with E-state index in [1.54, 1.807) is 12.1 Å². The van der Waals surface area contributed by atoms with Crippen LogP contribution >= 0.6 is 0 Å². The molecule has 0 amide bonds. The minimum absolute atomic E-state index is 0.00435. The normalized spacial score (nSPS) is 41.4. The van der Waals surface area contributed by atoms with Crippen LogP contribution in [0.4, 0.5) is 11.4 Å². The Morgan fingerprint density at radius 1 is 1.18 bits per heavy atom. The molecule has 7 atom stereocenters. The molecule has 3 heterocycles. The van der Waals surface area contributed by atoms with Crippen LogP contribution in [-0.2, 0) is 14.3 Å². The topological polar surface area (TPSA) is 93.0 Å². The van der Waals surface area contributed by atoms with Crippen LogP contribution in [0.3, 0.4) is 0 Å². The van der Waals surface area contributed by atoms with Gasteiger partial charge in [0.15, 0.2) is 5.69 Å². The van der Waals surface area contributed by atoms with Gasteiger partial charge in [-0.05, 0) is 55.6 Å². The Morgan fingerprint density at radius 2 is 1.91 bits per heavy atom. The molecule has 0 aromatic heterocycles. The molecule has 7 unspecified atom stereocenters. The summed E-state index contributed by atoms with van der Waals surface area (Å²) in [5, 5.41) is 19.3. The molecule has 33 heavy (non-hydrogen) atoms. The van der Waals surface area contributed by atoms with Gasteiger partial charge in [-0.2, -0.15) is 5.23 Å². The van der Waals surface area contributed by atoms with Crippen molar-refractivity contribution in [1.29, 1.82) is 0 Å². The number of nitrogens with one attached hydrogen (secondary N) is 1. The maximum Gasteiger partial charge on any atom is 0.310 e. The van der Waals surface area contributed by atoms with Crippen molar-refractivity contribution in [2.75, 3.05) is 44.2 Å². The van der Waals surface area contributed by atoms with Crippen molar-refractivity contribution < 1.29 is 24.7 Å². The summed E-state index contributed by atoms with van der Waals surface area (Å²) in [6, 6.07) is 7.10. The van der Waals surface area contributed by atoms with Crippen LogP contribution in [-0.4, -0.2) is 67.1 Å². The first kappa shape index (κ1) is 21.8. The third-order valence-electron chi connectivity index (χ3n) is 9.39. The van der Waals surface area contributed by atoms with Crippen LogP contribution < -0.4 is 10.1 Å². The standard InChI is InChI=1S/C25H35N3O5/c1-24-7-2-8-25(16-32-25)22(24)13-19-20(23(29)33-21(19)14-24)15-26-9-11-27(12-10-26)17-3-5-18(6-4-17)28(30)31/h3-6,19-22,28,30H,2,7-16H2,1H3. The van der Waals surface area contributed by atoms with Crippen molar-refractivity contribution in [2.24, 2.45) is 23.2 Å². The monoisotopic (exact) mass is 457 g/mol. The van der Waals surface area contributed by atoms with Gasteiger partial charge in [0.25, 0.3) is 0 Å². The molecule has 180 valence electrons. The molecule has 8 heteroatoms. The van der Waals surface area contributed by atoms with Gasteiger partial charge in [-0.3, -0.25) is 9.69 Å². The Bertz CT molecular complexity index is 896. The molecule has 2 aliphatic carbocycles. The third kappa shape index (κ3) is 3.76. The van der Waals surface area contributed by atoms with Gasteiger partial charge in [-0.15, -0.1) is 0 Å². The number of nitrogens with zero attached hydrogens (tertiary/aromatic N) is 2. The third-order valence-corrected chi connectivity index (χ3v) is 9.39. The van der Waals surface area contributed by atoms with Crippen molar-refractivity contribution in [1.82, 2.24) is 4.90 Å². The Labute approximate surface area is 195 Å². The van der Waals surface area contributed by atoms with E-state index in [1.165, 1.54) is 19.3 Å². The fourth-order valence-electron chi connectivity index (χ4n) is 7.45. The van der Waals surface area contributed by atoms with Gasteiger partial charge in [0.1, 0.15) is 6.10 Å². The van der Waals surface area contributed by atoms with E-state index in [9.17, 15) is 10.0 Å². The van der Waals surface area contributed by atoms with Crippen LogP contribution in [0.15, 0.2) is 24.3 Å². The predicted octanol–water partition coefficient (Wildman–Crippen LogP) is 1.74. The first-order chi connectivity index (χ1) is 15.9. The average molecular weight is 458 g/mol. The Balaban J connectivity index is 1.09. The number of benzene rings is 1. The highest BCUT2D eigenvalue weighted by Gasteiger charge is 2.65. The number of anilines is 1. The Kier molecular flexibility index (Phi) is 5.23. The summed E-state index contributed by atoms with van der Waals surface area (Å²) >= 11 is 0. The van der Waals surface area contributed by atoms with Gasteiger partial charge in [0.05, 0.1) is 18.1 Å². The molecular weight excluding hydrogens is 422 g/mol. The molecule has 1 spiro atoms. The predicted molar refractivity (Wildman–Crippen MR) is 121 cm³/mol. The summed E-state index contributed by atoms with van der Waals surface area (Å²) in [5.74, 6) is 0.849. The Morgan fingerprint density at radius 3 is 2.58 bits per heavy atom. The van der Waals surface area contributed by atoms with Crippen molar-refractivity contribution in [3.05, 3.63) is 29.5 Å². The van der Waals surface area contributed by atoms with Crippen molar-refractivity contribution >= 4 is 17.3 Å². The zero-order valence-corrected chi connectivity index (χ0v) is 19.4. The number of hydrogen-bond acceptors (Lipinski definition) is 7. The number of piperazine rings is 1. The fourth-order valence-corrected chi connectivity index (χ4v) is 7.45.